The molecule has 0 saturated carbocycles. The predicted octanol–water partition coefficient (Wildman–Crippen LogP) is 4.41. The molecule has 0 radical (unpaired) electrons. The molecule has 1 heterocycles. The normalized spacial score (nSPS) is 13.6. The Labute approximate surface area is 180 Å². The topological polar surface area (TPSA) is 67.9 Å². The molecule has 0 bridgehead atoms. The second-order valence-corrected chi connectivity index (χ2v) is 7.09. The molecular weight excluding hydrogens is 392 g/mol. The summed E-state index contributed by atoms with van der Waals surface area (Å²) >= 11 is 0. The first kappa shape index (κ1) is 20.2. The maximum absolute atomic E-state index is 13.5. The van der Waals surface area contributed by atoms with Gasteiger partial charge < -0.3 is 14.8 Å². The summed E-state index contributed by atoms with van der Waals surface area (Å²) in [6.07, 6.45) is 0. The van der Waals surface area contributed by atoms with Gasteiger partial charge in [0.1, 0.15) is 17.2 Å². The monoisotopic (exact) mass is 414 g/mol. The predicted molar refractivity (Wildman–Crippen MR) is 120 cm³/mol. The smallest absolute Gasteiger partial charge is 0.282 e. The van der Waals surface area contributed by atoms with E-state index in [2.05, 4.69) is 5.32 Å². The van der Waals surface area contributed by atoms with E-state index in [1.54, 1.807) is 56.7 Å². The van der Waals surface area contributed by atoms with Crippen LogP contribution in [0.1, 0.15) is 11.1 Å². The molecule has 0 saturated heterocycles. The minimum Gasteiger partial charge on any atom is -0.497 e. The highest BCUT2D eigenvalue weighted by molar-refractivity contribution is 6.46. The molecule has 0 unspecified atom stereocenters. The Morgan fingerprint density at radius 2 is 1.55 bits per heavy atom. The third-order valence-corrected chi connectivity index (χ3v) is 5.09. The van der Waals surface area contributed by atoms with E-state index in [4.69, 9.17) is 9.47 Å². The maximum Gasteiger partial charge on any atom is 0.282 e. The first-order chi connectivity index (χ1) is 15.0. The summed E-state index contributed by atoms with van der Waals surface area (Å²) in [6.45, 7) is 1.92. The van der Waals surface area contributed by atoms with E-state index in [0.717, 1.165) is 5.56 Å². The van der Waals surface area contributed by atoms with Gasteiger partial charge in [0.05, 0.1) is 31.2 Å². The number of nitrogens with one attached hydrogen (secondary N) is 1. The summed E-state index contributed by atoms with van der Waals surface area (Å²) in [5, 5.41) is 3.14. The van der Waals surface area contributed by atoms with Crippen molar-refractivity contribution in [3.8, 4) is 11.5 Å². The molecule has 3 aromatic carbocycles. The molecule has 0 spiro atoms. The molecular formula is C25H22N2O4. The molecule has 31 heavy (non-hydrogen) atoms. The van der Waals surface area contributed by atoms with E-state index in [-0.39, 0.29) is 5.70 Å². The van der Waals surface area contributed by atoms with Crippen LogP contribution in [-0.4, -0.2) is 26.0 Å². The Kier molecular flexibility index (Phi) is 5.45. The van der Waals surface area contributed by atoms with Crippen LogP contribution >= 0.6 is 0 Å². The number of carbonyl (C=O) groups excluding carboxylic acids is 2. The SMILES string of the molecule is COc1ccc(C2=C(Nc3ccccc3OC)C(=O)N(c3cccc(C)c3)C2=O)cc1. The fourth-order valence-corrected chi connectivity index (χ4v) is 3.56. The Hall–Kier alpha value is -4.06. The lowest BCUT2D eigenvalue weighted by molar-refractivity contribution is -0.120. The van der Waals surface area contributed by atoms with Gasteiger partial charge in [-0.25, -0.2) is 4.90 Å². The van der Waals surface area contributed by atoms with Gasteiger partial charge in [0, 0.05) is 0 Å². The van der Waals surface area contributed by atoms with Gasteiger partial charge in [-0.15, -0.1) is 0 Å². The van der Waals surface area contributed by atoms with E-state index in [1.165, 1.54) is 4.90 Å². The van der Waals surface area contributed by atoms with Crippen molar-refractivity contribution in [2.75, 3.05) is 24.4 Å². The van der Waals surface area contributed by atoms with Crippen LogP contribution in [-0.2, 0) is 9.59 Å². The van der Waals surface area contributed by atoms with Gasteiger partial charge in [-0.1, -0.05) is 36.4 Å². The second kappa shape index (κ2) is 8.36. The zero-order valence-corrected chi connectivity index (χ0v) is 17.5. The molecule has 1 aliphatic rings. The number of anilines is 2. The van der Waals surface area contributed by atoms with Gasteiger partial charge in [0.2, 0.25) is 0 Å². The van der Waals surface area contributed by atoms with Crippen LogP contribution in [0, 0.1) is 6.92 Å². The largest absolute Gasteiger partial charge is 0.497 e. The molecule has 1 N–H and O–H groups in total. The third-order valence-electron chi connectivity index (χ3n) is 5.09. The van der Waals surface area contributed by atoms with Crippen LogP contribution in [0.15, 0.2) is 78.5 Å². The zero-order valence-electron chi connectivity index (χ0n) is 17.5. The Balaban J connectivity index is 1.84. The van der Waals surface area contributed by atoms with E-state index in [0.29, 0.717) is 34.0 Å². The summed E-state index contributed by atoms with van der Waals surface area (Å²) in [5.74, 6) is 0.416. The molecule has 0 fully saturated rings. The van der Waals surface area contributed by atoms with Gasteiger partial charge in [-0.05, 0) is 54.4 Å². The number of hydrogen-bond acceptors (Lipinski definition) is 5. The number of carbonyl (C=O) groups is 2. The maximum atomic E-state index is 13.5. The summed E-state index contributed by atoms with van der Waals surface area (Å²) in [5.41, 5.74) is 3.18. The van der Waals surface area contributed by atoms with Gasteiger partial charge >= 0.3 is 0 Å². The molecule has 3 aromatic rings. The highest BCUT2D eigenvalue weighted by Gasteiger charge is 2.40. The van der Waals surface area contributed by atoms with Gasteiger partial charge in [0.25, 0.3) is 11.8 Å². The molecule has 0 aromatic heterocycles. The van der Waals surface area contributed by atoms with E-state index in [1.807, 2.05) is 37.3 Å². The number of rotatable bonds is 6. The van der Waals surface area contributed by atoms with Crippen LogP contribution in [0.4, 0.5) is 11.4 Å². The lowest BCUT2D eigenvalue weighted by Crippen LogP contribution is -2.32. The average Bonchev–Trinajstić information content (AvgIpc) is 3.03. The zero-order chi connectivity index (χ0) is 22.0. The summed E-state index contributed by atoms with van der Waals surface area (Å²) in [7, 11) is 3.13. The number of methoxy groups -OCH3 is 2. The standard InChI is InChI=1S/C25H22N2O4/c1-16-7-6-8-18(15-16)27-24(28)22(17-11-13-19(30-2)14-12-17)23(25(27)29)26-20-9-4-5-10-21(20)31-3/h4-15,26H,1-3H3. The van der Waals surface area contributed by atoms with E-state index in [9.17, 15) is 9.59 Å². The Morgan fingerprint density at radius 1 is 0.806 bits per heavy atom. The van der Waals surface area contributed by atoms with Gasteiger partial charge in [0.15, 0.2) is 0 Å². The lowest BCUT2D eigenvalue weighted by Gasteiger charge is -2.16. The molecule has 0 aliphatic carbocycles. The van der Waals surface area contributed by atoms with Crippen molar-refractivity contribution in [3.63, 3.8) is 0 Å². The third kappa shape index (κ3) is 3.75. The molecule has 4 rings (SSSR count). The summed E-state index contributed by atoms with van der Waals surface area (Å²) in [6, 6.07) is 21.6. The number of nitrogens with zero attached hydrogens (tertiary/aromatic N) is 1. The van der Waals surface area contributed by atoms with E-state index >= 15 is 0 Å². The van der Waals surface area contributed by atoms with Crippen molar-refractivity contribution >= 4 is 28.8 Å². The van der Waals surface area contributed by atoms with Crippen LogP contribution in [0.3, 0.4) is 0 Å². The number of amides is 2. The van der Waals surface area contributed by atoms with Crippen LogP contribution < -0.4 is 19.7 Å². The first-order valence-electron chi connectivity index (χ1n) is 9.77. The molecule has 6 nitrogen and oxygen atoms in total. The molecule has 2 amide bonds. The Morgan fingerprint density at radius 3 is 2.23 bits per heavy atom. The number of aryl methyl sites for hydroxylation is 1. The second-order valence-electron chi connectivity index (χ2n) is 7.09. The molecule has 0 atom stereocenters. The first-order valence-corrected chi connectivity index (χ1v) is 9.77. The van der Waals surface area contributed by atoms with E-state index < -0.39 is 11.8 Å². The van der Waals surface area contributed by atoms with Gasteiger partial charge in [-0.2, -0.15) is 0 Å². The van der Waals surface area contributed by atoms with Gasteiger partial charge in [-0.3, -0.25) is 9.59 Å². The highest BCUT2D eigenvalue weighted by atomic mass is 16.5. The van der Waals surface area contributed by atoms with Crippen molar-refractivity contribution in [1.29, 1.82) is 0 Å². The lowest BCUT2D eigenvalue weighted by atomic mass is 10.0. The number of benzene rings is 3. The number of para-hydroxylation sites is 2. The van der Waals surface area contributed by atoms with Crippen molar-refractivity contribution in [1.82, 2.24) is 0 Å². The molecule has 6 heteroatoms. The minimum absolute atomic E-state index is 0.196. The Bertz CT molecular complexity index is 1180. The average molecular weight is 414 g/mol. The number of ether oxygens (including phenoxy) is 2. The van der Waals surface area contributed by atoms with Crippen LogP contribution in [0.2, 0.25) is 0 Å². The fourth-order valence-electron chi connectivity index (χ4n) is 3.56. The van der Waals surface area contributed by atoms with Crippen molar-refractivity contribution < 1.29 is 19.1 Å². The van der Waals surface area contributed by atoms with Crippen molar-refractivity contribution in [3.05, 3.63) is 89.6 Å². The molecule has 1 aliphatic heterocycles. The summed E-state index contributed by atoms with van der Waals surface area (Å²) in [4.78, 5) is 28.1. The molecule has 156 valence electrons. The van der Waals surface area contributed by atoms with Crippen molar-refractivity contribution in [2.45, 2.75) is 6.92 Å². The minimum atomic E-state index is -0.424. The number of hydrogen-bond donors (Lipinski definition) is 1. The quantitative estimate of drug-likeness (QED) is 0.605. The summed E-state index contributed by atoms with van der Waals surface area (Å²) < 4.78 is 10.6. The van der Waals surface area contributed by atoms with Crippen molar-refractivity contribution in [2.24, 2.45) is 0 Å². The van der Waals surface area contributed by atoms with Crippen LogP contribution in [0.5, 0.6) is 11.5 Å². The highest BCUT2D eigenvalue weighted by Crippen LogP contribution is 2.36. The number of imide groups is 1. The van der Waals surface area contributed by atoms with Crippen LogP contribution in [0.25, 0.3) is 5.57 Å². The fraction of sp³-hybridized carbons (Fsp3) is 0.120.